The summed E-state index contributed by atoms with van der Waals surface area (Å²) >= 11 is 0. The number of amides is 1. The Morgan fingerprint density at radius 3 is 2.20 bits per heavy atom. The molecule has 0 saturated carbocycles. The highest BCUT2D eigenvalue weighted by Crippen LogP contribution is 2.32. The third-order valence-corrected chi connectivity index (χ3v) is 9.32. The van der Waals surface area contributed by atoms with Crippen molar-refractivity contribution < 1.29 is 35.9 Å². The molecule has 4 rings (SSSR count). The number of hydrogen-bond acceptors (Lipinski definition) is 9. The van der Waals surface area contributed by atoms with E-state index in [4.69, 9.17) is 4.74 Å². The fraction of sp³-hybridized carbons (Fsp3) is 0.667. The number of nitrogens with one attached hydrogen (secondary N) is 1. The van der Waals surface area contributed by atoms with E-state index in [1.54, 1.807) is 16.7 Å². The van der Waals surface area contributed by atoms with Crippen LogP contribution in [0.4, 0.5) is 38.0 Å². The Morgan fingerprint density at radius 1 is 1.02 bits per heavy atom. The summed E-state index contributed by atoms with van der Waals surface area (Å²) in [5, 5.41) is 6.65. The van der Waals surface area contributed by atoms with Gasteiger partial charge in [0.1, 0.15) is 12.3 Å². The predicted octanol–water partition coefficient (Wildman–Crippen LogP) is 3.46. The number of rotatable bonds is 11. The quantitative estimate of drug-likeness (QED) is 0.220. The Morgan fingerprint density at radius 2 is 1.64 bits per heavy atom. The van der Waals surface area contributed by atoms with Gasteiger partial charge in [-0.05, 0) is 13.0 Å². The molecule has 0 aromatic carbocycles. The van der Waals surface area contributed by atoms with Crippen molar-refractivity contribution in [1.82, 2.24) is 29.5 Å². The standard InChI is InChI=1S/C27H38F6N8O3Si/c1-18(37-21-13-36-41(17-44-9-10-45(2,3)4)24(43)22(21)27(31,32)33)14-38-15-19(16-38)23(42)39-5-7-40(8-6-39)25-34-11-20(12-35-25)26(28,29)30/h11-13,18-19,37H,5-10,14-17H2,1-4H3/t18-/m0/s1. The number of alkyl halides is 6. The molecule has 0 bridgehead atoms. The molecule has 0 spiro atoms. The molecule has 0 aliphatic carbocycles. The van der Waals surface area contributed by atoms with Crippen molar-refractivity contribution in [2.75, 3.05) is 62.6 Å². The van der Waals surface area contributed by atoms with Gasteiger partial charge in [-0.15, -0.1) is 0 Å². The zero-order chi connectivity index (χ0) is 33.2. The van der Waals surface area contributed by atoms with Crippen LogP contribution < -0.4 is 15.8 Å². The molecule has 1 N–H and O–H groups in total. The van der Waals surface area contributed by atoms with Crippen molar-refractivity contribution >= 4 is 25.6 Å². The van der Waals surface area contributed by atoms with Crippen LogP contribution in [-0.2, 0) is 28.6 Å². The zero-order valence-electron chi connectivity index (χ0n) is 25.6. The second-order valence-electron chi connectivity index (χ2n) is 12.6. The first-order valence-corrected chi connectivity index (χ1v) is 18.3. The lowest BCUT2D eigenvalue weighted by atomic mass is 9.97. The minimum absolute atomic E-state index is 0.0564. The van der Waals surface area contributed by atoms with Gasteiger partial charge in [-0.25, -0.2) is 14.6 Å². The summed E-state index contributed by atoms with van der Waals surface area (Å²) in [4.78, 5) is 38.6. The summed E-state index contributed by atoms with van der Waals surface area (Å²) in [6, 6.07) is 0.311. The van der Waals surface area contributed by atoms with Crippen LogP contribution in [0.25, 0.3) is 0 Å². The average molecular weight is 665 g/mol. The van der Waals surface area contributed by atoms with Gasteiger partial charge in [0.2, 0.25) is 11.9 Å². The summed E-state index contributed by atoms with van der Waals surface area (Å²) in [5.74, 6) is -0.166. The molecule has 2 aromatic rings. The van der Waals surface area contributed by atoms with Crippen molar-refractivity contribution in [3.63, 3.8) is 0 Å². The highest BCUT2D eigenvalue weighted by molar-refractivity contribution is 6.76. The third kappa shape index (κ3) is 9.15. The van der Waals surface area contributed by atoms with Gasteiger partial charge in [-0.2, -0.15) is 31.4 Å². The van der Waals surface area contributed by atoms with Crippen LogP contribution in [0.15, 0.2) is 23.4 Å². The predicted molar refractivity (Wildman–Crippen MR) is 156 cm³/mol. The summed E-state index contributed by atoms with van der Waals surface area (Å²) in [6.07, 6.45) is -6.97. The van der Waals surface area contributed by atoms with E-state index in [9.17, 15) is 35.9 Å². The fourth-order valence-electron chi connectivity index (χ4n) is 5.08. The van der Waals surface area contributed by atoms with Gasteiger partial charge >= 0.3 is 12.4 Å². The van der Waals surface area contributed by atoms with Crippen LogP contribution >= 0.6 is 0 Å². The first kappa shape index (κ1) is 34.6. The molecule has 2 aliphatic rings. The maximum atomic E-state index is 13.9. The van der Waals surface area contributed by atoms with E-state index in [1.807, 2.05) is 4.90 Å². The molecule has 1 amide bonds. The van der Waals surface area contributed by atoms with Gasteiger partial charge in [0.05, 0.1) is 23.4 Å². The number of hydrogen-bond donors (Lipinski definition) is 1. The van der Waals surface area contributed by atoms with E-state index < -0.39 is 48.8 Å². The Kier molecular flexibility index (Phi) is 10.5. The summed E-state index contributed by atoms with van der Waals surface area (Å²) < 4.78 is 86.1. The second kappa shape index (κ2) is 13.6. The van der Waals surface area contributed by atoms with Crippen LogP contribution in [0.5, 0.6) is 0 Å². The monoisotopic (exact) mass is 664 g/mol. The minimum Gasteiger partial charge on any atom is -0.379 e. The molecule has 1 atom stereocenters. The number of likely N-dealkylation sites (tertiary alicyclic amines) is 1. The van der Waals surface area contributed by atoms with E-state index >= 15 is 0 Å². The molecule has 11 nitrogen and oxygen atoms in total. The lowest BCUT2D eigenvalue weighted by Crippen LogP contribution is -2.59. The number of carbonyl (C=O) groups excluding carboxylic acids is 1. The molecule has 2 fully saturated rings. The van der Waals surface area contributed by atoms with Crippen LogP contribution in [0.3, 0.4) is 0 Å². The maximum absolute atomic E-state index is 13.9. The van der Waals surface area contributed by atoms with Crippen molar-refractivity contribution in [1.29, 1.82) is 0 Å². The first-order chi connectivity index (χ1) is 20.9. The highest BCUT2D eigenvalue weighted by atomic mass is 28.3. The lowest BCUT2D eigenvalue weighted by molar-refractivity contribution is -0.141. The Balaban J connectivity index is 1.25. The Hall–Kier alpha value is -3.25. The van der Waals surface area contributed by atoms with E-state index in [1.165, 1.54) is 0 Å². The van der Waals surface area contributed by atoms with Crippen LogP contribution in [-0.4, -0.2) is 102 Å². The molecule has 0 unspecified atom stereocenters. The van der Waals surface area contributed by atoms with E-state index in [0.29, 0.717) is 57.1 Å². The van der Waals surface area contributed by atoms with Crippen LogP contribution in [0, 0.1) is 5.92 Å². The van der Waals surface area contributed by atoms with Gasteiger partial charge in [0.15, 0.2) is 0 Å². The Labute approximate surface area is 257 Å². The molecule has 2 aliphatic heterocycles. The average Bonchev–Trinajstić information content (AvgIpc) is 2.92. The maximum Gasteiger partial charge on any atom is 0.423 e. The number of halogens is 6. The number of carbonyl (C=O) groups is 1. The normalized spacial score (nSPS) is 17.7. The molecular weight excluding hydrogens is 626 g/mol. The van der Waals surface area contributed by atoms with Crippen molar-refractivity contribution in [3.05, 3.63) is 40.1 Å². The Bertz CT molecular complexity index is 1370. The topological polar surface area (TPSA) is 109 Å². The van der Waals surface area contributed by atoms with Gasteiger partial charge < -0.3 is 19.9 Å². The van der Waals surface area contributed by atoms with Gasteiger partial charge in [0.25, 0.3) is 5.56 Å². The summed E-state index contributed by atoms with van der Waals surface area (Å²) in [6.45, 7) is 10.7. The number of ether oxygens (including phenoxy) is 1. The highest BCUT2D eigenvalue weighted by Gasteiger charge is 2.40. The van der Waals surface area contributed by atoms with Gasteiger partial charge in [-0.3, -0.25) is 14.5 Å². The SMILES string of the molecule is C[C@@H](CN1CC(C(=O)N2CCN(c3ncc(C(F)(F)F)cn3)CC2)C1)Nc1cnn(COCC[Si](C)(C)C)c(=O)c1C(F)(F)F. The molecule has 45 heavy (non-hydrogen) atoms. The largest absolute Gasteiger partial charge is 0.423 e. The minimum atomic E-state index is -4.90. The molecule has 2 aromatic heterocycles. The fourth-order valence-corrected chi connectivity index (χ4v) is 5.84. The smallest absolute Gasteiger partial charge is 0.379 e. The molecule has 0 radical (unpaired) electrons. The van der Waals surface area contributed by atoms with Crippen LogP contribution in [0.2, 0.25) is 25.7 Å². The van der Waals surface area contributed by atoms with Crippen molar-refractivity contribution in [2.45, 2.75) is 57.7 Å². The summed E-state index contributed by atoms with van der Waals surface area (Å²) in [5.41, 5.74) is -3.97. The van der Waals surface area contributed by atoms with E-state index in [-0.39, 0.29) is 24.5 Å². The number of aromatic nitrogens is 4. The van der Waals surface area contributed by atoms with Crippen LogP contribution in [0.1, 0.15) is 18.1 Å². The van der Waals surface area contributed by atoms with E-state index in [0.717, 1.165) is 24.6 Å². The second-order valence-corrected chi connectivity index (χ2v) is 18.2. The number of piperazine rings is 1. The van der Waals surface area contributed by atoms with Crippen molar-refractivity contribution in [3.8, 4) is 0 Å². The summed E-state index contributed by atoms with van der Waals surface area (Å²) in [7, 11) is -1.41. The first-order valence-electron chi connectivity index (χ1n) is 14.6. The third-order valence-electron chi connectivity index (χ3n) is 7.62. The lowest BCUT2D eigenvalue weighted by Gasteiger charge is -2.43. The molecule has 2 saturated heterocycles. The van der Waals surface area contributed by atoms with Gasteiger partial charge in [-0.1, -0.05) is 19.6 Å². The van der Waals surface area contributed by atoms with Gasteiger partial charge in [0, 0.05) is 78.9 Å². The van der Waals surface area contributed by atoms with Crippen molar-refractivity contribution in [2.24, 2.45) is 5.92 Å². The molecule has 4 heterocycles. The molecule has 250 valence electrons. The zero-order valence-corrected chi connectivity index (χ0v) is 26.6. The number of nitrogens with zero attached hydrogens (tertiary/aromatic N) is 7. The van der Waals surface area contributed by atoms with E-state index in [2.05, 4.69) is 40.0 Å². The molecule has 18 heteroatoms. The molecular formula is C27H38F6N8O3Si. The number of anilines is 2.